The highest BCUT2D eigenvalue weighted by molar-refractivity contribution is 5.94. The second kappa shape index (κ2) is 6.65. The van der Waals surface area contributed by atoms with E-state index in [1.54, 1.807) is 6.92 Å². The average molecular weight is 297 g/mol. The summed E-state index contributed by atoms with van der Waals surface area (Å²) >= 11 is 0. The number of amides is 1. The molecule has 3 nitrogen and oxygen atoms in total. The highest BCUT2D eigenvalue weighted by atomic mass is 16.5. The Hall–Kier alpha value is -2.29. The summed E-state index contributed by atoms with van der Waals surface area (Å²) in [6.45, 7) is 9.80. The van der Waals surface area contributed by atoms with Crippen LogP contribution in [0.1, 0.15) is 29.2 Å². The summed E-state index contributed by atoms with van der Waals surface area (Å²) < 4.78 is 5.78. The smallest absolute Gasteiger partial charge is 0.265 e. The van der Waals surface area contributed by atoms with Crippen LogP contribution in [0, 0.1) is 27.7 Å². The Kier molecular flexibility index (Phi) is 4.86. The summed E-state index contributed by atoms with van der Waals surface area (Å²) in [6, 6.07) is 11.9. The van der Waals surface area contributed by atoms with Gasteiger partial charge in [0.15, 0.2) is 6.10 Å². The van der Waals surface area contributed by atoms with Crippen molar-refractivity contribution in [3.63, 3.8) is 0 Å². The van der Waals surface area contributed by atoms with Gasteiger partial charge in [-0.25, -0.2) is 0 Å². The zero-order valence-corrected chi connectivity index (χ0v) is 13.9. The van der Waals surface area contributed by atoms with Crippen molar-refractivity contribution in [1.29, 1.82) is 0 Å². The molecule has 0 bridgehead atoms. The van der Waals surface area contributed by atoms with Crippen molar-refractivity contribution in [2.75, 3.05) is 5.32 Å². The standard InChI is InChI=1S/C19H23NO2/c1-12-6-7-18(15(4)9-12)22-16(5)19(21)20-17-10-13(2)8-14(3)11-17/h6-11,16H,1-5H3,(H,20,21). The fraction of sp³-hybridized carbons (Fsp3) is 0.316. The SMILES string of the molecule is Cc1cc(C)cc(NC(=O)C(C)Oc2ccc(C)cc2C)c1. The van der Waals surface area contributed by atoms with Crippen molar-refractivity contribution in [3.8, 4) is 5.75 Å². The van der Waals surface area contributed by atoms with Gasteiger partial charge in [-0.2, -0.15) is 0 Å². The Bertz CT molecular complexity index is 672. The van der Waals surface area contributed by atoms with Crippen molar-refractivity contribution in [3.05, 3.63) is 58.7 Å². The molecule has 2 aromatic carbocycles. The molecule has 0 fully saturated rings. The Labute approximate surface area is 132 Å². The second-order valence-electron chi connectivity index (χ2n) is 5.89. The molecule has 1 amide bonds. The molecule has 0 aliphatic heterocycles. The van der Waals surface area contributed by atoms with Crippen LogP contribution in [0.2, 0.25) is 0 Å². The monoisotopic (exact) mass is 297 g/mol. The molecule has 22 heavy (non-hydrogen) atoms. The van der Waals surface area contributed by atoms with Crippen LogP contribution in [0.4, 0.5) is 5.69 Å². The van der Waals surface area contributed by atoms with Crippen LogP contribution in [-0.2, 0) is 4.79 Å². The molecular formula is C19H23NO2. The molecular weight excluding hydrogens is 274 g/mol. The Morgan fingerprint density at radius 1 is 0.955 bits per heavy atom. The predicted molar refractivity (Wildman–Crippen MR) is 90.6 cm³/mol. The molecule has 0 spiro atoms. The first kappa shape index (κ1) is 16.1. The Morgan fingerprint density at radius 2 is 1.59 bits per heavy atom. The van der Waals surface area contributed by atoms with Gasteiger partial charge in [0.05, 0.1) is 0 Å². The third-order valence-electron chi connectivity index (χ3n) is 3.49. The number of hydrogen-bond acceptors (Lipinski definition) is 2. The lowest BCUT2D eigenvalue weighted by Crippen LogP contribution is -2.30. The van der Waals surface area contributed by atoms with E-state index < -0.39 is 6.10 Å². The lowest BCUT2D eigenvalue weighted by atomic mass is 10.1. The van der Waals surface area contributed by atoms with Crippen molar-refractivity contribution < 1.29 is 9.53 Å². The van der Waals surface area contributed by atoms with Gasteiger partial charge in [-0.3, -0.25) is 4.79 Å². The maximum absolute atomic E-state index is 12.3. The van der Waals surface area contributed by atoms with Crippen LogP contribution < -0.4 is 10.1 Å². The van der Waals surface area contributed by atoms with Crippen LogP contribution in [0.25, 0.3) is 0 Å². The molecule has 1 unspecified atom stereocenters. The summed E-state index contributed by atoms with van der Waals surface area (Å²) in [7, 11) is 0. The number of anilines is 1. The van der Waals surface area contributed by atoms with E-state index in [4.69, 9.17) is 4.74 Å². The number of ether oxygens (including phenoxy) is 1. The third-order valence-corrected chi connectivity index (χ3v) is 3.49. The molecule has 2 rings (SSSR count). The molecule has 0 aliphatic carbocycles. The Morgan fingerprint density at radius 3 is 2.18 bits per heavy atom. The molecule has 116 valence electrons. The molecule has 0 saturated heterocycles. The normalized spacial score (nSPS) is 11.9. The van der Waals surface area contributed by atoms with E-state index in [0.717, 1.165) is 28.1 Å². The summed E-state index contributed by atoms with van der Waals surface area (Å²) in [5.74, 6) is 0.596. The number of hydrogen-bond donors (Lipinski definition) is 1. The van der Waals surface area contributed by atoms with Crippen molar-refractivity contribution in [1.82, 2.24) is 0 Å². The summed E-state index contributed by atoms with van der Waals surface area (Å²) in [6.07, 6.45) is -0.553. The van der Waals surface area contributed by atoms with Crippen molar-refractivity contribution >= 4 is 11.6 Å². The van der Waals surface area contributed by atoms with E-state index in [1.165, 1.54) is 5.56 Å². The molecule has 1 N–H and O–H groups in total. The fourth-order valence-electron chi connectivity index (χ4n) is 2.47. The molecule has 0 radical (unpaired) electrons. The molecule has 0 aromatic heterocycles. The molecule has 3 heteroatoms. The van der Waals surface area contributed by atoms with Crippen LogP contribution in [0.5, 0.6) is 5.75 Å². The molecule has 0 saturated carbocycles. The minimum Gasteiger partial charge on any atom is -0.481 e. The third kappa shape index (κ3) is 4.10. The topological polar surface area (TPSA) is 38.3 Å². The van der Waals surface area contributed by atoms with E-state index in [2.05, 4.69) is 11.4 Å². The van der Waals surface area contributed by atoms with Gasteiger partial charge in [0.25, 0.3) is 5.91 Å². The number of benzene rings is 2. The average Bonchev–Trinajstić information content (AvgIpc) is 2.40. The van der Waals surface area contributed by atoms with Gasteiger partial charge in [-0.05, 0) is 69.5 Å². The zero-order chi connectivity index (χ0) is 16.3. The predicted octanol–water partition coefficient (Wildman–Crippen LogP) is 4.33. The lowest BCUT2D eigenvalue weighted by Gasteiger charge is -2.17. The van der Waals surface area contributed by atoms with Gasteiger partial charge < -0.3 is 10.1 Å². The van der Waals surface area contributed by atoms with Crippen LogP contribution in [0.3, 0.4) is 0 Å². The number of carbonyl (C=O) groups excluding carboxylic acids is 1. The van der Waals surface area contributed by atoms with Crippen molar-refractivity contribution in [2.45, 2.75) is 40.7 Å². The van der Waals surface area contributed by atoms with Gasteiger partial charge in [-0.1, -0.05) is 23.8 Å². The zero-order valence-electron chi connectivity index (χ0n) is 13.9. The van der Waals surface area contributed by atoms with E-state index >= 15 is 0 Å². The van der Waals surface area contributed by atoms with Crippen LogP contribution in [0.15, 0.2) is 36.4 Å². The minimum atomic E-state index is -0.553. The summed E-state index contributed by atoms with van der Waals surface area (Å²) in [4.78, 5) is 12.3. The molecule has 0 heterocycles. The first-order valence-electron chi connectivity index (χ1n) is 7.48. The number of nitrogens with one attached hydrogen (secondary N) is 1. The second-order valence-corrected chi connectivity index (χ2v) is 5.89. The number of carbonyl (C=O) groups is 1. The first-order chi connectivity index (χ1) is 10.3. The molecule has 0 aliphatic rings. The van der Waals surface area contributed by atoms with Crippen molar-refractivity contribution in [2.24, 2.45) is 0 Å². The van der Waals surface area contributed by atoms with Gasteiger partial charge in [0.1, 0.15) is 5.75 Å². The summed E-state index contributed by atoms with van der Waals surface area (Å²) in [5, 5.41) is 2.91. The summed E-state index contributed by atoms with van der Waals surface area (Å²) in [5.41, 5.74) is 5.26. The highest BCUT2D eigenvalue weighted by Gasteiger charge is 2.16. The molecule has 1 atom stereocenters. The van der Waals surface area contributed by atoms with Gasteiger partial charge in [0.2, 0.25) is 0 Å². The van der Waals surface area contributed by atoms with Gasteiger partial charge in [-0.15, -0.1) is 0 Å². The maximum atomic E-state index is 12.3. The minimum absolute atomic E-state index is 0.148. The van der Waals surface area contributed by atoms with E-state index in [1.807, 2.05) is 58.0 Å². The van der Waals surface area contributed by atoms with E-state index in [9.17, 15) is 4.79 Å². The lowest BCUT2D eigenvalue weighted by molar-refractivity contribution is -0.122. The maximum Gasteiger partial charge on any atom is 0.265 e. The van der Waals surface area contributed by atoms with E-state index in [-0.39, 0.29) is 5.91 Å². The first-order valence-corrected chi connectivity index (χ1v) is 7.48. The largest absolute Gasteiger partial charge is 0.481 e. The molecule has 2 aromatic rings. The fourth-order valence-corrected chi connectivity index (χ4v) is 2.47. The Balaban J connectivity index is 2.05. The van der Waals surface area contributed by atoms with E-state index in [0.29, 0.717) is 0 Å². The van der Waals surface area contributed by atoms with Gasteiger partial charge >= 0.3 is 0 Å². The van der Waals surface area contributed by atoms with Gasteiger partial charge in [0, 0.05) is 5.69 Å². The van der Waals surface area contributed by atoms with Crippen LogP contribution >= 0.6 is 0 Å². The number of aryl methyl sites for hydroxylation is 4. The number of rotatable bonds is 4. The van der Waals surface area contributed by atoms with Crippen LogP contribution in [-0.4, -0.2) is 12.0 Å². The quantitative estimate of drug-likeness (QED) is 0.912. The highest BCUT2D eigenvalue weighted by Crippen LogP contribution is 2.21.